The molecule has 0 aliphatic heterocycles. The summed E-state index contributed by atoms with van der Waals surface area (Å²) < 4.78 is 1.88. The number of carbonyl (C=O) groups excluding carboxylic acids is 1. The fourth-order valence-corrected chi connectivity index (χ4v) is 2.39. The monoisotopic (exact) mass is 352 g/mol. The van der Waals surface area contributed by atoms with Crippen LogP contribution in [-0.4, -0.2) is 5.78 Å². The van der Waals surface area contributed by atoms with Crippen molar-refractivity contribution in [2.75, 3.05) is 0 Å². The summed E-state index contributed by atoms with van der Waals surface area (Å²) in [6, 6.07) is 20.8. The molecule has 2 aromatic carbocycles. The number of nitrogens with zero attached hydrogens (tertiary/aromatic N) is 2. The van der Waals surface area contributed by atoms with Crippen LogP contribution in [0.1, 0.15) is 15.9 Å². The minimum Gasteiger partial charge on any atom is -1.00 e. The quantitative estimate of drug-likeness (QED) is 0.487. The van der Waals surface area contributed by atoms with E-state index in [4.69, 9.17) is 5.26 Å². The second-order valence-electron chi connectivity index (χ2n) is 4.78. The molecule has 0 bridgehead atoms. The summed E-state index contributed by atoms with van der Waals surface area (Å²) in [6.07, 6.45) is 1.79. The van der Waals surface area contributed by atoms with Crippen molar-refractivity contribution in [2.24, 2.45) is 0 Å². The highest BCUT2D eigenvalue weighted by molar-refractivity contribution is 5.95. The van der Waals surface area contributed by atoms with Crippen molar-refractivity contribution in [1.82, 2.24) is 0 Å². The van der Waals surface area contributed by atoms with Gasteiger partial charge in [-0.2, -0.15) is 9.83 Å². The summed E-state index contributed by atoms with van der Waals surface area (Å²) in [5, 5.41) is 10.0. The van der Waals surface area contributed by atoms with E-state index in [0.29, 0.717) is 11.1 Å². The fourth-order valence-electron chi connectivity index (χ4n) is 2.39. The Balaban J connectivity index is 0.00000176. The molecule has 4 heteroatoms. The highest BCUT2D eigenvalue weighted by Crippen LogP contribution is 2.14. The second-order valence-corrected chi connectivity index (χ2v) is 4.78. The van der Waals surface area contributed by atoms with Crippen molar-refractivity contribution in [3.05, 3.63) is 78.0 Å². The third kappa shape index (κ3) is 3.05. The van der Waals surface area contributed by atoms with Gasteiger partial charge in [-0.3, -0.25) is 4.79 Å². The third-order valence-corrected chi connectivity index (χ3v) is 3.45. The van der Waals surface area contributed by atoms with Crippen molar-refractivity contribution in [3.63, 3.8) is 0 Å². The number of nitriles is 1. The molecule has 0 atom stereocenters. The Labute approximate surface area is 139 Å². The van der Waals surface area contributed by atoms with Crippen LogP contribution < -0.4 is 21.5 Å². The first kappa shape index (κ1) is 15.9. The minimum absolute atomic E-state index is 0. The molecule has 0 amide bonds. The number of halogens is 1. The zero-order valence-corrected chi connectivity index (χ0v) is 13.3. The number of ketones is 1. The van der Waals surface area contributed by atoms with Crippen LogP contribution >= 0.6 is 0 Å². The maximum absolute atomic E-state index is 12.3. The Bertz CT molecular complexity index is 854. The average molecular weight is 353 g/mol. The van der Waals surface area contributed by atoms with Crippen LogP contribution in [0.25, 0.3) is 10.9 Å². The van der Waals surface area contributed by atoms with E-state index in [2.05, 4.69) is 6.07 Å². The minimum atomic E-state index is 0. The standard InChI is InChI=1S/C18H13N2O.BrH/c19-12-15-10-11-20(17-9-5-4-8-16(15)17)13-18(21)14-6-2-1-3-7-14;/h1-11H,13H2;1H/q+1;/p-1. The smallest absolute Gasteiger partial charge is 0.227 e. The first-order valence-electron chi connectivity index (χ1n) is 6.69. The van der Waals surface area contributed by atoms with E-state index >= 15 is 0 Å². The number of aromatic nitrogens is 1. The van der Waals surface area contributed by atoms with Gasteiger partial charge in [0.15, 0.2) is 6.20 Å². The first-order chi connectivity index (χ1) is 10.3. The summed E-state index contributed by atoms with van der Waals surface area (Å²) in [4.78, 5) is 12.3. The molecule has 0 N–H and O–H groups in total. The van der Waals surface area contributed by atoms with Crippen molar-refractivity contribution >= 4 is 16.7 Å². The molecule has 3 nitrogen and oxygen atoms in total. The van der Waals surface area contributed by atoms with Crippen LogP contribution in [0, 0.1) is 11.3 Å². The molecule has 0 fully saturated rings. The fraction of sp³-hybridized carbons (Fsp3) is 0.0556. The molecule has 22 heavy (non-hydrogen) atoms. The maximum Gasteiger partial charge on any atom is 0.227 e. The van der Waals surface area contributed by atoms with Crippen molar-refractivity contribution in [3.8, 4) is 6.07 Å². The van der Waals surface area contributed by atoms with Gasteiger partial charge in [0, 0.05) is 17.7 Å². The summed E-state index contributed by atoms with van der Waals surface area (Å²) in [5.41, 5.74) is 2.20. The number of pyridine rings is 1. The Hall–Kier alpha value is -2.51. The van der Waals surface area contributed by atoms with E-state index in [1.54, 1.807) is 12.3 Å². The topological polar surface area (TPSA) is 44.7 Å². The Morgan fingerprint density at radius 2 is 1.68 bits per heavy atom. The van der Waals surface area contributed by atoms with Gasteiger partial charge in [0.2, 0.25) is 17.8 Å². The van der Waals surface area contributed by atoms with E-state index in [0.717, 1.165) is 10.9 Å². The number of para-hydroxylation sites is 1. The lowest BCUT2D eigenvalue weighted by atomic mass is 10.1. The molecule has 1 heterocycles. The van der Waals surface area contributed by atoms with Gasteiger partial charge in [-0.15, -0.1) is 0 Å². The molecule has 0 aliphatic carbocycles. The van der Waals surface area contributed by atoms with Crippen LogP contribution in [0.15, 0.2) is 66.9 Å². The molecule has 0 aliphatic rings. The number of fused-ring (bicyclic) bond motifs is 1. The van der Waals surface area contributed by atoms with E-state index in [9.17, 15) is 4.79 Å². The van der Waals surface area contributed by atoms with Crippen LogP contribution in [0.2, 0.25) is 0 Å². The van der Waals surface area contributed by atoms with Crippen LogP contribution in [0.3, 0.4) is 0 Å². The molecule has 0 saturated carbocycles. The molecule has 108 valence electrons. The molecule has 3 aromatic rings. The number of benzene rings is 2. The van der Waals surface area contributed by atoms with Crippen LogP contribution in [-0.2, 0) is 6.54 Å². The van der Waals surface area contributed by atoms with Crippen molar-refractivity contribution < 1.29 is 26.3 Å². The van der Waals surface area contributed by atoms with Gasteiger partial charge in [-0.25, -0.2) is 0 Å². The zero-order valence-electron chi connectivity index (χ0n) is 11.7. The molecule has 0 unspecified atom stereocenters. The van der Waals surface area contributed by atoms with Crippen molar-refractivity contribution in [1.29, 1.82) is 5.26 Å². The van der Waals surface area contributed by atoms with Gasteiger partial charge >= 0.3 is 0 Å². The number of carbonyl (C=O) groups is 1. The molecular weight excluding hydrogens is 340 g/mol. The van der Waals surface area contributed by atoms with Gasteiger partial charge in [-0.05, 0) is 6.07 Å². The lowest BCUT2D eigenvalue weighted by molar-refractivity contribution is -0.657. The van der Waals surface area contributed by atoms with Crippen molar-refractivity contribution in [2.45, 2.75) is 6.54 Å². The average Bonchev–Trinajstić information content (AvgIpc) is 2.56. The summed E-state index contributed by atoms with van der Waals surface area (Å²) in [5.74, 6) is 0.0514. The van der Waals surface area contributed by atoms with E-state index in [1.807, 2.05) is 59.2 Å². The van der Waals surface area contributed by atoms with Crippen LogP contribution in [0.5, 0.6) is 0 Å². The lowest BCUT2D eigenvalue weighted by Crippen LogP contribution is -3.00. The van der Waals surface area contributed by atoms with Gasteiger partial charge in [0.1, 0.15) is 6.07 Å². The predicted octanol–water partition coefficient (Wildman–Crippen LogP) is -0.114. The van der Waals surface area contributed by atoms with Gasteiger partial charge in [-0.1, -0.05) is 42.5 Å². The van der Waals surface area contributed by atoms with E-state index < -0.39 is 0 Å². The van der Waals surface area contributed by atoms with Crippen LogP contribution in [0.4, 0.5) is 0 Å². The highest BCUT2D eigenvalue weighted by Gasteiger charge is 2.16. The third-order valence-electron chi connectivity index (χ3n) is 3.45. The normalized spacial score (nSPS) is 9.77. The van der Waals surface area contributed by atoms with Gasteiger partial charge in [0.05, 0.1) is 10.9 Å². The Morgan fingerprint density at radius 1 is 1.00 bits per heavy atom. The number of hydrogen-bond acceptors (Lipinski definition) is 2. The molecule has 0 saturated heterocycles. The largest absolute Gasteiger partial charge is 1.00 e. The number of hydrogen-bond donors (Lipinski definition) is 0. The Morgan fingerprint density at radius 3 is 2.41 bits per heavy atom. The summed E-state index contributed by atoms with van der Waals surface area (Å²) in [7, 11) is 0. The zero-order chi connectivity index (χ0) is 14.7. The van der Waals surface area contributed by atoms with E-state index in [-0.39, 0.29) is 29.3 Å². The molecule has 3 rings (SSSR count). The van der Waals surface area contributed by atoms with E-state index in [1.165, 1.54) is 0 Å². The number of Topliss-reactive ketones (excluding diaryl/α,β-unsaturated/α-hetero) is 1. The maximum atomic E-state index is 12.3. The summed E-state index contributed by atoms with van der Waals surface area (Å²) in [6.45, 7) is 0.260. The number of rotatable bonds is 3. The molecule has 0 radical (unpaired) electrons. The SMILES string of the molecule is N#Cc1cc[n+](CC(=O)c2ccccc2)c2ccccc12.[Br-]. The van der Waals surface area contributed by atoms with Gasteiger partial charge in [0.25, 0.3) is 0 Å². The lowest BCUT2D eigenvalue weighted by Gasteiger charge is -2.02. The molecule has 1 aromatic heterocycles. The Kier molecular flexibility index (Phi) is 5.03. The highest BCUT2D eigenvalue weighted by atomic mass is 79.9. The molecular formula is C18H13BrN2O. The predicted molar refractivity (Wildman–Crippen MR) is 79.6 cm³/mol. The summed E-state index contributed by atoms with van der Waals surface area (Å²) >= 11 is 0. The van der Waals surface area contributed by atoms with Gasteiger partial charge < -0.3 is 17.0 Å². The molecule has 0 spiro atoms. The second kappa shape index (κ2) is 6.97. The first-order valence-corrected chi connectivity index (χ1v) is 6.69.